The van der Waals surface area contributed by atoms with Gasteiger partial charge >= 0.3 is 0 Å². The Hall–Kier alpha value is -0.900. The number of alkyl halides is 1. The van der Waals surface area contributed by atoms with Crippen molar-refractivity contribution in [2.45, 2.75) is 0 Å². The molecule has 0 atom stereocenters. The number of halogens is 3. The lowest BCUT2D eigenvalue weighted by Crippen LogP contribution is -2.08. The van der Waals surface area contributed by atoms with Crippen LogP contribution in [0.15, 0.2) is 17.7 Å². The van der Waals surface area contributed by atoms with Gasteiger partial charge in [-0.15, -0.1) is 0 Å². The Bertz CT molecular complexity index is 401. The Balaban J connectivity index is 2.48. The molecule has 0 aliphatic carbocycles. The Kier molecular flexibility index (Phi) is 2.54. The van der Waals surface area contributed by atoms with E-state index in [1.165, 1.54) is 0 Å². The van der Waals surface area contributed by atoms with E-state index in [2.05, 4.69) is 15.9 Å². The van der Waals surface area contributed by atoms with Crippen molar-refractivity contribution in [1.29, 1.82) is 0 Å². The minimum absolute atomic E-state index is 0.397. The molecule has 0 radical (unpaired) electrons. The van der Waals surface area contributed by atoms with E-state index in [4.69, 9.17) is 4.74 Å². The van der Waals surface area contributed by atoms with Gasteiger partial charge in [-0.3, -0.25) is 0 Å². The third kappa shape index (κ3) is 1.66. The van der Waals surface area contributed by atoms with Gasteiger partial charge in [0, 0.05) is 17.0 Å². The fraction of sp³-hybridized carbons (Fsp3) is 0.200. The van der Waals surface area contributed by atoms with E-state index in [0.717, 1.165) is 17.7 Å². The molecule has 1 aliphatic heterocycles. The van der Waals surface area contributed by atoms with Gasteiger partial charge in [-0.1, -0.05) is 15.9 Å². The van der Waals surface area contributed by atoms with Crippen LogP contribution in [0, 0.1) is 11.6 Å². The van der Waals surface area contributed by atoms with Gasteiger partial charge in [-0.25, -0.2) is 8.78 Å². The van der Waals surface area contributed by atoms with Gasteiger partial charge in [0.2, 0.25) is 0 Å². The van der Waals surface area contributed by atoms with Crippen LogP contribution < -0.4 is 4.74 Å². The highest BCUT2D eigenvalue weighted by Crippen LogP contribution is 2.28. The van der Waals surface area contributed by atoms with Crippen LogP contribution in [0.1, 0.15) is 5.56 Å². The topological polar surface area (TPSA) is 9.23 Å². The molecule has 0 unspecified atom stereocenters. The van der Waals surface area contributed by atoms with Gasteiger partial charge in [0.25, 0.3) is 0 Å². The molecule has 4 heteroatoms. The van der Waals surface area contributed by atoms with E-state index in [0.29, 0.717) is 23.2 Å². The summed E-state index contributed by atoms with van der Waals surface area (Å²) in [6, 6.07) is 2.22. The molecular formula is C10H7BrF2O. The molecule has 2 rings (SSSR count). The number of hydrogen-bond acceptors (Lipinski definition) is 1. The van der Waals surface area contributed by atoms with E-state index >= 15 is 0 Å². The second-order valence-electron chi connectivity index (χ2n) is 3.03. The largest absolute Gasteiger partial charge is 0.488 e. The van der Waals surface area contributed by atoms with Crippen molar-refractivity contribution in [3.05, 3.63) is 34.9 Å². The molecule has 0 aromatic heterocycles. The first-order valence-corrected chi connectivity index (χ1v) is 5.20. The zero-order valence-corrected chi connectivity index (χ0v) is 8.77. The first-order chi connectivity index (χ1) is 6.70. The standard InChI is InChI=1S/C10H7BrF2O/c11-4-6-1-7-2-8(12)9(13)3-10(7)14-5-6/h1-3H,4-5H2. The third-order valence-corrected chi connectivity index (χ3v) is 2.72. The van der Waals surface area contributed by atoms with Gasteiger partial charge in [0.1, 0.15) is 12.4 Å². The summed E-state index contributed by atoms with van der Waals surface area (Å²) in [5.74, 6) is -1.33. The average Bonchev–Trinajstić information content (AvgIpc) is 2.19. The maximum atomic E-state index is 12.9. The summed E-state index contributed by atoms with van der Waals surface area (Å²) in [6.45, 7) is 0.420. The molecule has 0 saturated carbocycles. The maximum absolute atomic E-state index is 12.9. The first-order valence-electron chi connectivity index (χ1n) is 4.08. The Morgan fingerprint density at radius 3 is 2.71 bits per heavy atom. The van der Waals surface area contributed by atoms with E-state index in [9.17, 15) is 8.78 Å². The molecule has 0 spiro atoms. The van der Waals surface area contributed by atoms with Crippen molar-refractivity contribution >= 4 is 22.0 Å². The first kappa shape index (κ1) is 9.65. The molecule has 14 heavy (non-hydrogen) atoms. The van der Waals surface area contributed by atoms with E-state index in [1.54, 1.807) is 6.08 Å². The molecule has 1 heterocycles. The fourth-order valence-corrected chi connectivity index (χ4v) is 1.61. The SMILES string of the molecule is Fc1cc2c(cc1F)OCC(CBr)=C2. The summed E-state index contributed by atoms with van der Waals surface area (Å²) in [7, 11) is 0. The normalized spacial score (nSPS) is 14.4. The molecule has 1 aromatic carbocycles. The Morgan fingerprint density at radius 2 is 2.00 bits per heavy atom. The molecule has 0 fully saturated rings. The van der Waals surface area contributed by atoms with Crippen LogP contribution >= 0.6 is 15.9 Å². The van der Waals surface area contributed by atoms with Crippen LogP contribution in [0.25, 0.3) is 6.08 Å². The highest BCUT2D eigenvalue weighted by molar-refractivity contribution is 9.09. The highest BCUT2D eigenvalue weighted by atomic mass is 79.9. The number of fused-ring (bicyclic) bond motifs is 1. The molecule has 1 aliphatic rings. The van der Waals surface area contributed by atoms with Crippen LogP contribution in [-0.2, 0) is 0 Å². The van der Waals surface area contributed by atoms with Gasteiger partial charge in [-0.05, 0) is 17.7 Å². The van der Waals surface area contributed by atoms with Crippen molar-refractivity contribution in [2.24, 2.45) is 0 Å². The molecule has 0 N–H and O–H groups in total. The van der Waals surface area contributed by atoms with Crippen molar-refractivity contribution in [3.8, 4) is 5.75 Å². The average molecular weight is 261 g/mol. The quantitative estimate of drug-likeness (QED) is 0.705. The van der Waals surface area contributed by atoms with Gasteiger partial charge in [0.05, 0.1) is 0 Å². The summed E-state index contributed by atoms with van der Waals surface area (Å²) in [5.41, 5.74) is 1.59. The Labute approximate surface area is 88.5 Å². The number of benzene rings is 1. The number of ether oxygens (including phenoxy) is 1. The van der Waals surface area contributed by atoms with Crippen molar-refractivity contribution in [2.75, 3.05) is 11.9 Å². The van der Waals surface area contributed by atoms with Gasteiger partial charge < -0.3 is 4.74 Å². The predicted octanol–water partition coefficient (Wildman–Crippen LogP) is 3.14. The molecule has 0 saturated heterocycles. The minimum Gasteiger partial charge on any atom is -0.488 e. The lowest BCUT2D eigenvalue weighted by atomic mass is 10.1. The van der Waals surface area contributed by atoms with Crippen LogP contribution in [0.3, 0.4) is 0 Å². The molecule has 1 nitrogen and oxygen atoms in total. The van der Waals surface area contributed by atoms with E-state index in [-0.39, 0.29) is 0 Å². The number of rotatable bonds is 1. The minimum atomic E-state index is -0.876. The molecule has 1 aromatic rings. The summed E-state index contributed by atoms with van der Waals surface area (Å²) < 4.78 is 30.9. The third-order valence-electron chi connectivity index (χ3n) is 2.00. The summed E-state index contributed by atoms with van der Waals surface area (Å²) in [5, 5.41) is 0.672. The smallest absolute Gasteiger partial charge is 0.162 e. The van der Waals surface area contributed by atoms with Crippen molar-refractivity contribution in [3.63, 3.8) is 0 Å². The van der Waals surface area contributed by atoms with Crippen molar-refractivity contribution < 1.29 is 13.5 Å². The number of hydrogen-bond donors (Lipinski definition) is 0. The monoisotopic (exact) mass is 260 g/mol. The lowest BCUT2D eigenvalue weighted by molar-refractivity contribution is 0.343. The highest BCUT2D eigenvalue weighted by Gasteiger charge is 2.14. The summed E-state index contributed by atoms with van der Waals surface area (Å²) >= 11 is 3.28. The molecule has 74 valence electrons. The Morgan fingerprint density at radius 1 is 1.29 bits per heavy atom. The fourth-order valence-electron chi connectivity index (χ4n) is 1.29. The predicted molar refractivity (Wildman–Crippen MR) is 53.6 cm³/mol. The van der Waals surface area contributed by atoms with E-state index < -0.39 is 11.6 Å². The molecule has 0 bridgehead atoms. The van der Waals surface area contributed by atoms with E-state index in [1.807, 2.05) is 0 Å². The molecule has 0 amide bonds. The summed E-state index contributed by atoms with van der Waals surface area (Å²) in [6.07, 6.45) is 1.80. The lowest BCUT2D eigenvalue weighted by Gasteiger charge is -2.16. The maximum Gasteiger partial charge on any atom is 0.162 e. The van der Waals surface area contributed by atoms with Gasteiger partial charge in [0.15, 0.2) is 11.6 Å². The molecular weight excluding hydrogens is 254 g/mol. The second-order valence-corrected chi connectivity index (χ2v) is 3.59. The van der Waals surface area contributed by atoms with Crippen LogP contribution in [0.4, 0.5) is 8.78 Å². The van der Waals surface area contributed by atoms with Crippen molar-refractivity contribution in [1.82, 2.24) is 0 Å². The zero-order valence-electron chi connectivity index (χ0n) is 7.19. The zero-order chi connectivity index (χ0) is 10.1. The summed E-state index contributed by atoms with van der Waals surface area (Å²) in [4.78, 5) is 0. The van der Waals surface area contributed by atoms with Crippen LogP contribution in [0.5, 0.6) is 5.75 Å². The van der Waals surface area contributed by atoms with Crippen LogP contribution in [0.2, 0.25) is 0 Å². The van der Waals surface area contributed by atoms with Crippen LogP contribution in [-0.4, -0.2) is 11.9 Å². The van der Waals surface area contributed by atoms with Gasteiger partial charge in [-0.2, -0.15) is 0 Å². The second kappa shape index (κ2) is 3.69.